The summed E-state index contributed by atoms with van der Waals surface area (Å²) < 4.78 is 5.11. The van der Waals surface area contributed by atoms with Crippen LogP contribution in [0, 0.1) is 0 Å². The first-order valence-corrected chi connectivity index (χ1v) is 3.06. The molecule has 1 heteroatoms. The summed E-state index contributed by atoms with van der Waals surface area (Å²) in [5.41, 5.74) is 2.69. The molecule has 0 atom stereocenters. The predicted octanol–water partition coefficient (Wildman–Crippen LogP) is 1.60. The lowest BCUT2D eigenvalue weighted by atomic mass is 9.91. The average Bonchev–Trinajstić information content (AvgIpc) is 1.90. The number of hydrogen-bond donors (Lipinski definition) is 0. The third-order valence-corrected chi connectivity index (χ3v) is 1.76. The highest BCUT2D eigenvalue weighted by Gasteiger charge is 2.17. The smallest absolute Gasteiger partial charge is 0.125 e. The van der Waals surface area contributed by atoms with Crippen LogP contribution >= 0.6 is 0 Å². The standard InChI is InChI=1S/C8H8O/c1-9-8-6-3-2-4-7(8)5-6/h2-4H,5H2,1H3. The van der Waals surface area contributed by atoms with E-state index in [0.29, 0.717) is 0 Å². The molecule has 1 aromatic rings. The summed E-state index contributed by atoms with van der Waals surface area (Å²) in [7, 11) is 1.72. The van der Waals surface area contributed by atoms with Crippen molar-refractivity contribution in [2.45, 2.75) is 6.42 Å². The van der Waals surface area contributed by atoms with Gasteiger partial charge < -0.3 is 4.74 Å². The SMILES string of the molecule is COc1c2cccc1C2. The highest BCUT2D eigenvalue weighted by atomic mass is 16.5. The maximum absolute atomic E-state index is 5.11. The van der Waals surface area contributed by atoms with Crippen LogP contribution in [0.5, 0.6) is 5.75 Å². The van der Waals surface area contributed by atoms with Gasteiger partial charge in [0.05, 0.1) is 7.11 Å². The molecule has 46 valence electrons. The first-order chi connectivity index (χ1) is 4.42. The third kappa shape index (κ3) is 0.489. The van der Waals surface area contributed by atoms with Gasteiger partial charge in [0, 0.05) is 6.42 Å². The summed E-state index contributed by atoms with van der Waals surface area (Å²) in [6.07, 6.45) is 1.11. The molecule has 0 radical (unpaired) electrons. The summed E-state index contributed by atoms with van der Waals surface area (Å²) in [6, 6.07) is 6.27. The minimum atomic E-state index is 1.09. The van der Waals surface area contributed by atoms with Crippen molar-refractivity contribution in [1.82, 2.24) is 0 Å². The zero-order chi connectivity index (χ0) is 6.27. The monoisotopic (exact) mass is 120 g/mol. The van der Waals surface area contributed by atoms with Crippen LogP contribution < -0.4 is 4.74 Å². The lowest BCUT2D eigenvalue weighted by molar-refractivity contribution is 0.395. The second-order valence-corrected chi connectivity index (χ2v) is 2.29. The van der Waals surface area contributed by atoms with Gasteiger partial charge in [-0.15, -0.1) is 0 Å². The fourth-order valence-corrected chi connectivity index (χ4v) is 1.28. The molecule has 0 spiro atoms. The van der Waals surface area contributed by atoms with E-state index in [0.717, 1.165) is 12.2 Å². The maximum atomic E-state index is 5.11. The molecule has 0 aromatic heterocycles. The minimum Gasteiger partial charge on any atom is -0.496 e. The van der Waals surface area contributed by atoms with Gasteiger partial charge in [-0.25, -0.2) is 0 Å². The molecule has 0 fully saturated rings. The molecule has 9 heavy (non-hydrogen) atoms. The highest BCUT2D eigenvalue weighted by molar-refractivity contribution is 5.53. The predicted molar refractivity (Wildman–Crippen MR) is 35.8 cm³/mol. The normalized spacial score (nSPS) is 12.6. The number of methoxy groups -OCH3 is 1. The van der Waals surface area contributed by atoms with Crippen molar-refractivity contribution in [3.05, 3.63) is 29.3 Å². The van der Waals surface area contributed by atoms with Gasteiger partial charge in [0.2, 0.25) is 0 Å². The lowest BCUT2D eigenvalue weighted by Gasteiger charge is -2.20. The van der Waals surface area contributed by atoms with Crippen LogP contribution in [0.1, 0.15) is 11.1 Å². The van der Waals surface area contributed by atoms with E-state index in [1.165, 1.54) is 11.1 Å². The number of benzene rings is 1. The Morgan fingerprint density at radius 1 is 1.33 bits per heavy atom. The van der Waals surface area contributed by atoms with Gasteiger partial charge in [-0.3, -0.25) is 0 Å². The van der Waals surface area contributed by atoms with E-state index < -0.39 is 0 Å². The number of para-hydroxylation sites is 1. The molecule has 1 nitrogen and oxygen atoms in total. The van der Waals surface area contributed by atoms with E-state index in [1.807, 2.05) is 0 Å². The van der Waals surface area contributed by atoms with E-state index in [2.05, 4.69) is 18.2 Å². The quantitative estimate of drug-likeness (QED) is 0.555. The average molecular weight is 120 g/mol. The molecule has 0 saturated carbocycles. The van der Waals surface area contributed by atoms with Crippen LogP contribution in [0.25, 0.3) is 0 Å². The molecule has 0 unspecified atom stereocenters. The Bertz CT molecular complexity index is 220. The third-order valence-electron chi connectivity index (χ3n) is 1.76. The van der Waals surface area contributed by atoms with Crippen LogP contribution in [0.3, 0.4) is 0 Å². The first kappa shape index (κ1) is 4.86. The summed E-state index contributed by atoms with van der Waals surface area (Å²) in [4.78, 5) is 0. The van der Waals surface area contributed by atoms with E-state index in [9.17, 15) is 0 Å². The second-order valence-electron chi connectivity index (χ2n) is 2.29. The van der Waals surface area contributed by atoms with Crippen molar-refractivity contribution in [3.63, 3.8) is 0 Å². The number of fused-ring (bicyclic) bond motifs is 2. The number of rotatable bonds is 1. The second kappa shape index (κ2) is 1.50. The van der Waals surface area contributed by atoms with Gasteiger partial charge in [0.1, 0.15) is 5.75 Å². The molecule has 2 aliphatic rings. The van der Waals surface area contributed by atoms with Gasteiger partial charge in [0.25, 0.3) is 0 Å². The summed E-state index contributed by atoms with van der Waals surface area (Å²) >= 11 is 0. The zero-order valence-electron chi connectivity index (χ0n) is 5.35. The molecular formula is C8H8O. The molecule has 2 bridgehead atoms. The van der Waals surface area contributed by atoms with Crippen molar-refractivity contribution >= 4 is 0 Å². The Hall–Kier alpha value is -0.980. The molecule has 0 heterocycles. The number of ether oxygens (including phenoxy) is 1. The molecule has 0 saturated heterocycles. The van der Waals surface area contributed by atoms with Gasteiger partial charge >= 0.3 is 0 Å². The molecule has 0 aliphatic heterocycles. The summed E-state index contributed by atoms with van der Waals surface area (Å²) in [6.45, 7) is 0. The van der Waals surface area contributed by atoms with Crippen LogP contribution in [-0.2, 0) is 6.42 Å². The summed E-state index contributed by atoms with van der Waals surface area (Å²) in [5.74, 6) is 1.09. The molecule has 0 N–H and O–H groups in total. The lowest BCUT2D eigenvalue weighted by Crippen LogP contribution is -2.06. The van der Waals surface area contributed by atoms with Gasteiger partial charge in [-0.2, -0.15) is 0 Å². The topological polar surface area (TPSA) is 9.23 Å². The fraction of sp³-hybridized carbons (Fsp3) is 0.250. The van der Waals surface area contributed by atoms with Gasteiger partial charge in [-0.1, -0.05) is 18.2 Å². The van der Waals surface area contributed by atoms with E-state index in [4.69, 9.17) is 4.74 Å². The van der Waals surface area contributed by atoms with Crippen molar-refractivity contribution < 1.29 is 4.74 Å². The minimum absolute atomic E-state index is 1.09. The zero-order valence-corrected chi connectivity index (χ0v) is 5.35. The molecular weight excluding hydrogens is 112 g/mol. The fourth-order valence-electron chi connectivity index (χ4n) is 1.28. The van der Waals surface area contributed by atoms with Gasteiger partial charge in [0.15, 0.2) is 0 Å². The Morgan fingerprint density at radius 2 is 2.00 bits per heavy atom. The van der Waals surface area contributed by atoms with E-state index in [-0.39, 0.29) is 0 Å². The molecule has 2 aliphatic carbocycles. The molecule has 1 aromatic carbocycles. The van der Waals surface area contributed by atoms with Crippen molar-refractivity contribution in [1.29, 1.82) is 0 Å². The maximum Gasteiger partial charge on any atom is 0.125 e. The van der Waals surface area contributed by atoms with Crippen LogP contribution in [0.15, 0.2) is 18.2 Å². The van der Waals surface area contributed by atoms with Crippen molar-refractivity contribution in [3.8, 4) is 5.75 Å². The largest absolute Gasteiger partial charge is 0.496 e. The van der Waals surface area contributed by atoms with Crippen LogP contribution in [0.4, 0.5) is 0 Å². The van der Waals surface area contributed by atoms with Gasteiger partial charge in [-0.05, 0) is 11.1 Å². The van der Waals surface area contributed by atoms with Crippen LogP contribution in [-0.4, -0.2) is 7.11 Å². The Balaban J connectivity index is 2.55. The Kier molecular flexibility index (Phi) is 0.810. The van der Waals surface area contributed by atoms with E-state index in [1.54, 1.807) is 7.11 Å². The Morgan fingerprint density at radius 3 is 2.33 bits per heavy atom. The summed E-state index contributed by atoms with van der Waals surface area (Å²) in [5, 5.41) is 0. The van der Waals surface area contributed by atoms with Crippen molar-refractivity contribution in [2.24, 2.45) is 0 Å². The Labute approximate surface area is 54.3 Å². The molecule has 3 rings (SSSR count). The van der Waals surface area contributed by atoms with Crippen molar-refractivity contribution in [2.75, 3.05) is 7.11 Å². The molecule has 0 amide bonds. The van der Waals surface area contributed by atoms with Crippen LogP contribution in [0.2, 0.25) is 0 Å². The highest BCUT2D eigenvalue weighted by Crippen LogP contribution is 2.35. The first-order valence-electron chi connectivity index (χ1n) is 3.06. The van der Waals surface area contributed by atoms with E-state index >= 15 is 0 Å². The number of hydrogen-bond acceptors (Lipinski definition) is 1.